The van der Waals surface area contributed by atoms with Gasteiger partial charge in [0.25, 0.3) is 0 Å². The second-order valence-corrected chi connectivity index (χ2v) is 8.13. The van der Waals surface area contributed by atoms with Gasteiger partial charge in [-0.2, -0.15) is 0 Å². The van der Waals surface area contributed by atoms with Crippen molar-refractivity contribution in [1.29, 1.82) is 0 Å². The fraction of sp³-hybridized carbons (Fsp3) is 0.269. The van der Waals surface area contributed by atoms with Crippen molar-refractivity contribution >= 4 is 11.6 Å². The predicted octanol–water partition coefficient (Wildman–Crippen LogP) is 4.74. The Bertz CT molecular complexity index is 1120. The molecule has 1 aliphatic heterocycles. The summed E-state index contributed by atoms with van der Waals surface area (Å²) in [6.07, 6.45) is 3.32. The maximum absolute atomic E-state index is 14.6. The third-order valence-corrected chi connectivity index (χ3v) is 5.86. The van der Waals surface area contributed by atoms with Gasteiger partial charge in [-0.05, 0) is 54.3 Å². The molecule has 0 spiro atoms. The van der Waals surface area contributed by atoms with E-state index < -0.39 is 29.3 Å². The Labute approximate surface area is 196 Å². The number of anilines is 1. The fourth-order valence-corrected chi connectivity index (χ4v) is 4.10. The average molecular weight is 468 g/mol. The molecule has 2 atom stereocenters. The minimum absolute atomic E-state index is 0.0503. The Balaban J connectivity index is 1.52. The van der Waals surface area contributed by atoms with Crippen LogP contribution >= 0.6 is 0 Å². The first-order valence-corrected chi connectivity index (χ1v) is 11.1. The lowest BCUT2D eigenvalue weighted by Gasteiger charge is -2.24. The number of nitrogens with one attached hydrogen (secondary N) is 2. The molecule has 1 radical (unpaired) electrons. The highest BCUT2D eigenvalue weighted by Crippen LogP contribution is 2.31. The van der Waals surface area contributed by atoms with E-state index in [1.165, 1.54) is 48.7 Å². The van der Waals surface area contributed by atoms with Crippen LogP contribution in [0.5, 0.6) is 0 Å². The second kappa shape index (κ2) is 11.3. The molecule has 1 fully saturated rings. The van der Waals surface area contributed by atoms with Crippen molar-refractivity contribution in [2.75, 3.05) is 18.5 Å². The molecular formula is C26H25F3N3O2. The summed E-state index contributed by atoms with van der Waals surface area (Å²) in [6.45, 7) is 2.96. The predicted molar refractivity (Wildman–Crippen MR) is 122 cm³/mol. The molecule has 0 bridgehead atoms. The molecule has 177 valence electrons. The van der Waals surface area contributed by atoms with Crippen molar-refractivity contribution in [3.8, 4) is 0 Å². The number of pyridine rings is 1. The number of morpholine rings is 1. The Morgan fingerprint density at radius 1 is 1.12 bits per heavy atom. The minimum atomic E-state index is -0.668. The zero-order valence-corrected chi connectivity index (χ0v) is 18.4. The molecule has 1 aliphatic rings. The van der Waals surface area contributed by atoms with Gasteiger partial charge in [0.1, 0.15) is 17.5 Å². The second-order valence-electron chi connectivity index (χ2n) is 8.13. The summed E-state index contributed by atoms with van der Waals surface area (Å²) in [5, 5.41) is 5.91. The summed E-state index contributed by atoms with van der Waals surface area (Å²) < 4.78 is 48.3. The summed E-state index contributed by atoms with van der Waals surface area (Å²) in [6, 6.07) is 11.6. The lowest BCUT2D eigenvalue weighted by molar-refractivity contribution is -0.116. The van der Waals surface area contributed by atoms with Gasteiger partial charge in [-0.1, -0.05) is 18.2 Å². The van der Waals surface area contributed by atoms with Crippen LogP contribution in [-0.2, 0) is 16.0 Å². The molecule has 5 nitrogen and oxygen atoms in total. The van der Waals surface area contributed by atoms with Crippen LogP contribution in [0.15, 0.2) is 60.9 Å². The van der Waals surface area contributed by atoms with Gasteiger partial charge < -0.3 is 15.4 Å². The van der Waals surface area contributed by atoms with Crippen LogP contribution in [0.3, 0.4) is 0 Å². The highest BCUT2D eigenvalue weighted by Gasteiger charge is 2.23. The van der Waals surface area contributed by atoms with Gasteiger partial charge in [0.05, 0.1) is 18.9 Å². The van der Waals surface area contributed by atoms with Gasteiger partial charge >= 0.3 is 0 Å². The van der Waals surface area contributed by atoms with Crippen LogP contribution in [0.25, 0.3) is 0 Å². The molecule has 3 aromatic rings. The lowest BCUT2D eigenvalue weighted by atomic mass is 9.88. The van der Waals surface area contributed by atoms with Gasteiger partial charge in [0.15, 0.2) is 0 Å². The molecule has 0 aliphatic carbocycles. The molecule has 2 N–H and O–H groups in total. The number of nitrogens with zero attached hydrogens (tertiary/aromatic N) is 1. The van der Waals surface area contributed by atoms with Gasteiger partial charge in [-0.3, -0.25) is 9.78 Å². The molecule has 0 saturated carbocycles. The summed E-state index contributed by atoms with van der Waals surface area (Å²) in [5.41, 5.74) is 1.62. The van der Waals surface area contributed by atoms with Crippen molar-refractivity contribution in [1.82, 2.24) is 10.3 Å². The molecule has 0 unspecified atom stereocenters. The lowest BCUT2D eigenvalue weighted by Crippen LogP contribution is -2.35. The van der Waals surface area contributed by atoms with Crippen molar-refractivity contribution in [3.63, 3.8) is 0 Å². The zero-order valence-electron chi connectivity index (χ0n) is 18.4. The first kappa shape index (κ1) is 23.9. The van der Waals surface area contributed by atoms with Crippen molar-refractivity contribution in [2.45, 2.75) is 31.3 Å². The minimum Gasteiger partial charge on any atom is -0.375 e. The van der Waals surface area contributed by atoms with Gasteiger partial charge in [-0.15, -0.1) is 0 Å². The Morgan fingerprint density at radius 3 is 2.68 bits per heavy atom. The van der Waals surface area contributed by atoms with Gasteiger partial charge in [0, 0.05) is 42.9 Å². The Kier molecular flexibility index (Phi) is 7.92. The summed E-state index contributed by atoms with van der Waals surface area (Å²) in [7, 11) is 0. The fourth-order valence-electron chi connectivity index (χ4n) is 4.10. The number of carbonyl (C=O) groups is 1. The van der Waals surface area contributed by atoms with Crippen molar-refractivity contribution < 1.29 is 22.7 Å². The number of amides is 1. The molecule has 1 amide bonds. The third kappa shape index (κ3) is 6.01. The average Bonchev–Trinajstić information content (AvgIpc) is 2.84. The molecule has 8 heteroatoms. The molecule has 1 aromatic heterocycles. The van der Waals surface area contributed by atoms with Crippen LogP contribution in [-0.4, -0.2) is 30.1 Å². The molecule has 1 saturated heterocycles. The first-order chi connectivity index (χ1) is 16.5. The van der Waals surface area contributed by atoms with Crippen LogP contribution < -0.4 is 10.6 Å². The van der Waals surface area contributed by atoms with E-state index in [2.05, 4.69) is 15.6 Å². The third-order valence-electron chi connectivity index (χ3n) is 5.86. The molecule has 4 rings (SSSR count). The molecule has 34 heavy (non-hydrogen) atoms. The van der Waals surface area contributed by atoms with E-state index in [1.807, 2.05) is 6.54 Å². The monoisotopic (exact) mass is 468 g/mol. The van der Waals surface area contributed by atoms with Gasteiger partial charge in [-0.25, -0.2) is 13.2 Å². The maximum Gasteiger partial charge on any atom is 0.225 e. The summed E-state index contributed by atoms with van der Waals surface area (Å²) in [4.78, 5) is 16.8. The normalized spacial score (nSPS) is 16.7. The molecule has 2 heterocycles. The molecular weight excluding hydrogens is 443 g/mol. The number of rotatable bonds is 8. The SMILES string of the molecule is O=C(C[C@@H](c1ccc(F)cc1)c1ccncc1F)Nc1cccc(F)c1CC[C@@H]1CN[CH]CO1. The highest BCUT2D eigenvalue weighted by molar-refractivity contribution is 5.92. The van der Waals surface area contributed by atoms with E-state index in [0.717, 1.165) is 6.20 Å². The smallest absolute Gasteiger partial charge is 0.225 e. The maximum atomic E-state index is 14.6. The number of aromatic nitrogens is 1. The Hall–Kier alpha value is -3.23. The number of hydrogen-bond acceptors (Lipinski definition) is 4. The van der Waals surface area contributed by atoms with E-state index in [-0.39, 0.29) is 18.1 Å². The number of carbonyl (C=O) groups excluding carboxylic acids is 1. The van der Waals surface area contributed by atoms with Crippen LogP contribution in [0.4, 0.5) is 18.9 Å². The highest BCUT2D eigenvalue weighted by atomic mass is 19.1. The zero-order chi connectivity index (χ0) is 23.9. The van der Waals surface area contributed by atoms with Crippen LogP contribution in [0, 0.1) is 24.0 Å². The van der Waals surface area contributed by atoms with E-state index in [4.69, 9.17) is 4.74 Å². The van der Waals surface area contributed by atoms with Gasteiger partial charge in [0.2, 0.25) is 5.91 Å². The number of ether oxygens (including phenoxy) is 1. The van der Waals surface area contributed by atoms with Crippen molar-refractivity contribution in [3.05, 3.63) is 102 Å². The van der Waals surface area contributed by atoms with Crippen molar-refractivity contribution in [2.24, 2.45) is 0 Å². The standard InChI is InChI=1S/C26H25F3N3O2/c27-18-6-4-17(5-7-18)22(20-10-11-30-16-24(20)29)14-26(33)32-25-3-1-2-23(28)21(25)9-8-19-15-31-12-13-34-19/h1-7,10-12,16,19,22,31H,8-9,13-15H2,(H,32,33)/t19-,22+/m1/s1. The van der Waals surface area contributed by atoms with E-state index in [9.17, 15) is 18.0 Å². The number of halogens is 3. The number of benzene rings is 2. The molecule has 2 aromatic carbocycles. The van der Waals surface area contributed by atoms with E-state index in [0.29, 0.717) is 42.8 Å². The first-order valence-electron chi connectivity index (χ1n) is 11.1. The summed E-state index contributed by atoms with van der Waals surface area (Å²) in [5.74, 6) is -2.49. The van der Waals surface area contributed by atoms with E-state index >= 15 is 0 Å². The van der Waals surface area contributed by atoms with Crippen LogP contribution in [0.2, 0.25) is 0 Å². The number of hydrogen-bond donors (Lipinski definition) is 2. The topological polar surface area (TPSA) is 63.2 Å². The van der Waals surface area contributed by atoms with Crippen LogP contribution in [0.1, 0.15) is 35.4 Å². The van der Waals surface area contributed by atoms with E-state index in [1.54, 1.807) is 6.07 Å². The summed E-state index contributed by atoms with van der Waals surface area (Å²) >= 11 is 0. The largest absolute Gasteiger partial charge is 0.375 e. The quantitative estimate of drug-likeness (QED) is 0.501. The Morgan fingerprint density at radius 2 is 1.94 bits per heavy atom.